The van der Waals surface area contributed by atoms with Crippen LogP contribution in [0.2, 0.25) is 0 Å². The SMILES string of the molecule is CCSC[C@H]1C[C@@](O)(c2ccc(S(C)(=O)=O)cc2)[C@H](c2ccccc2)O1. The van der Waals surface area contributed by atoms with E-state index in [-0.39, 0.29) is 11.0 Å². The molecule has 2 aromatic carbocycles. The molecule has 1 saturated heterocycles. The van der Waals surface area contributed by atoms with Crippen LogP contribution in [-0.4, -0.2) is 37.4 Å². The summed E-state index contributed by atoms with van der Waals surface area (Å²) in [4.78, 5) is 0.248. The molecule has 2 aromatic rings. The van der Waals surface area contributed by atoms with Crippen molar-refractivity contribution in [3.63, 3.8) is 0 Å². The molecule has 1 heterocycles. The van der Waals surface area contributed by atoms with Gasteiger partial charge in [0, 0.05) is 18.4 Å². The Morgan fingerprint density at radius 2 is 1.81 bits per heavy atom. The van der Waals surface area contributed by atoms with Gasteiger partial charge >= 0.3 is 0 Å². The van der Waals surface area contributed by atoms with Gasteiger partial charge in [-0.3, -0.25) is 0 Å². The molecule has 140 valence electrons. The topological polar surface area (TPSA) is 63.6 Å². The van der Waals surface area contributed by atoms with Crippen molar-refractivity contribution in [1.82, 2.24) is 0 Å². The van der Waals surface area contributed by atoms with E-state index in [1.165, 1.54) is 6.26 Å². The summed E-state index contributed by atoms with van der Waals surface area (Å²) in [5.41, 5.74) is 0.421. The van der Waals surface area contributed by atoms with Crippen LogP contribution in [0.1, 0.15) is 30.6 Å². The first-order valence-corrected chi connectivity index (χ1v) is 11.7. The molecule has 1 aliphatic heterocycles. The van der Waals surface area contributed by atoms with Gasteiger partial charge in [0.1, 0.15) is 11.7 Å². The normalized spacial score (nSPS) is 26.1. The monoisotopic (exact) mass is 392 g/mol. The lowest BCUT2D eigenvalue weighted by molar-refractivity contribution is -0.0515. The summed E-state index contributed by atoms with van der Waals surface area (Å²) in [6, 6.07) is 16.2. The van der Waals surface area contributed by atoms with E-state index >= 15 is 0 Å². The van der Waals surface area contributed by atoms with Gasteiger partial charge in [0.2, 0.25) is 0 Å². The van der Waals surface area contributed by atoms with E-state index in [4.69, 9.17) is 4.74 Å². The summed E-state index contributed by atoms with van der Waals surface area (Å²) in [5, 5.41) is 11.6. The van der Waals surface area contributed by atoms with Crippen molar-refractivity contribution in [2.24, 2.45) is 0 Å². The summed E-state index contributed by atoms with van der Waals surface area (Å²) in [6.45, 7) is 2.10. The molecule has 3 atom stereocenters. The fourth-order valence-corrected chi connectivity index (χ4v) is 4.72. The lowest BCUT2D eigenvalue weighted by atomic mass is 9.83. The Balaban J connectivity index is 1.97. The number of rotatable bonds is 6. The molecule has 1 N–H and O–H groups in total. The van der Waals surface area contributed by atoms with Crippen LogP contribution in [0.25, 0.3) is 0 Å². The molecule has 0 radical (unpaired) electrons. The molecule has 1 aliphatic rings. The number of hydrogen-bond donors (Lipinski definition) is 1. The third kappa shape index (κ3) is 3.98. The van der Waals surface area contributed by atoms with Crippen LogP contribution in [0.4, 0.5) is 0 Å². The maximum absolute atomic E-state index is 11.7. The number of benzene rings is 2. The van der Waals surface area contributed by atoms with Crippen molar-refractivity contribution in [3.8, 4) is 0 Å². The first kappa shape index (κ1) is 19.4. The Morgan fingerprint density at radius 1 is 1.15 bits per heavy atom. The number of aliphatic hydroxyl groups is 1. The van der Waals surface area contributed by atoms with Gasteiger partial charge in [-0.2, -0.15) is 11.8 Å². The van der Waals surface area contributed by atoms with E-state index < -0.39 is 21.5 Å². The number of thioether (sulfide) groups is 1. The standard InChI is InChI=1S/C20H24O4S2/c1-3-25-14-17-13-20(21,19(24-17)15-7-5-4-6-8-15)16-9-11-18(12-10-16)26(2,22)23/h4-12,17,19,21H,3,13-14H2,1-2H3/t17-,19+,20-/m1/s1. The number of hydrogen-bond acceptors (Lipinski definition) is 5. The van der Waals surface area contributed by atoms with Crippen LogP contribution in [-0.2, 0) is 20.2 Å². The Hall–Kier alpha value is -1.34. The van der Waals surface area contributed by atoms with E-state index in [9.17, 15) is 13.5 Å². The van der Waals surface area contributed by atoms with Gasteiger partial charge in [-0.1, -0.05) is 49.4 Å². The van der Waals surface area contributed by atoms with Crippen molar-refractivity contribution in [3.05, 3.63) is 65.7 Å². The molecule has 0 saturated carbocycles. The fraction of sp³-hybridized carbons (Fsp3) is 0.400. The molecule has 0 amide bonds. The average Bonchev–Trinajstić information content (AvgIpc) is 2.98. The van der Waals surface area contributed by atoms with Crippen LogP contribution in [0.15, 0.2) is 59.5 Å². The van der Waals surface area contributed by atoms with E-state index in [0.717, 1.165) is 17.1 Å². The van der Waals surface area contributed by atoms with Gasteiger partial charge in [0.15, 0.2) is 9.84 Å². The predicted molar refractivity (Wildman–Crippen MR) is 105 cm³/mol. The van der Waals surface area contributed by atoms with Crippen molar-refractivity contribution >= 4 is 21.6 Å². The Bertz CT molecular complexity index is 834. The highest BCUT2D eigenvalue weighted by Crippen LogP contribution is 2.48. The van der Waals surface area contributed by atoms with E-state index in [0.29, 0.717) is 12.0 Å². The highest BCUT2D eigenvalue weighted by Gasteiger charge is 2.49. The molecular formula is C20H24O4S2. The highest BCUT2D eigenvalue weighted by molar-refractivity contribution is 7.99. The summed E-state index contributed by atoms with van der Waals surface area (Å²) >= 11 is 1.79. The third-order valence-corrected chi connectivity index (χ3v) is 6.84. The largest absolute Gasteiger partial charge is 0.382 e. The van der Waals surface area contributed by atoms with E-state index in [1.807, 2.05) is 30.3 Å². The fourth-order valence-electron chi connectivity index (χ4n) is 3.40. The average molecular weight is 393 g/mol. The van der Waals surface area contributed by atoms with Gasteiger partial charge in [-0.25, -0.2) is 8.42 Å². The zero-order valence-electron chi connectivity index (χ0n) is 15.0. The molecule has 0 spiro atoms. The van der Waals surface area contributed by atoms with E-state index in [1.54, 1.807) is 36.0 Å². The first-order chi connectivity index (χ1) is 12.3. The second kappa shape index (κ2) is 7.72. The van der Waals surface area contributed by atoms with Crippen LogP contribution >= 0.6 is 11.8 Å². The van der Waals surface area contributed by atoms with Crippen molar-refractivity contribution < 1.29 is 18.3 Å². The quantitative estimate of drug-likeness (QED) is 0.814. The predicted octanol–water partition coefficient (Wildman–Crippen LogP) is 3.56. The van der Waals surface area contributed by atoms with Gasteiger partial charge in [-0.15, -0.1) is 0 Å². The molecule has 1 fully saturated rings. The van der Waals surface area contributed by atoms with Crippen LogP contribution in [0.5, 0.6) is 0 Å². The molecule has 0 bridgehead atoms. The molecular weight excluding hydrogens is 368 g/mol. The second-order valence-corrected chi connectivity index (χ2v) is 9.97. The third-order valence-electron chi connectivity index (χ3n) is 4.69. The van der Waals surface area contributed by atoms with Crippen LogP contribution in [0.3, 0.4) is 0 Å². The zero-order chi connectivity index (χ0) is 18.8. The van der Waals surface area contributed by atoms with Gasteiger partial charge in [-0.05, 0) is 29.0 Å². The molecule has 26 heavy (non-hydrogen) atoms. The summed E-state index contributed by atoms with van der Waals surface area (Å²) in [5.74, 6) is 1.82. The van der Waals surface area contributed by atoms with Crippen molar-refractivity contribution in [2.45, 2.75) is 36.0 Å². The molecule has 3 rings (SSSR count). The molecule has 0 unspecified atom stereocenters. The van der Waals surface area contributed by atoms with Crippen LogP contribution < -0.4 is 0 Å². The maximum Gasteiger partial charge on any atom is 0.175 e. The summed E-state index contributed by atoms with van der Waals surface area (Å²) < 4.78 is 29.7. The van der Waals surface area contributed by atoms with Gasteiger partial charge < -0.3 is 9.84 Å². The number of ether oxygens (including phenoxy) is 1. The maximum atomic E-state index is 11.7. The highest BCUT2D eigenvalue weighted by atomic mass is 32.2. The number of sulfone groups is 1. The molecule has 4 nitrogen and oxygen atoms in total. The van der Waals surface area contributed by atoms with E-state index in [2.05, 4.69) is 6.92 Å². The minimum atomic E-state index is -3.27. The Morgan fingerprint density at radius 3 is 2.38 bits per heavy atom. The first-order valence-electron chi connectivity index (χ1n) is 8.65. The summed E-state index contributed by atoms with van der Waals surface area (Å²) in [7, 11) is -3.27. The Kier molecular flexibility index (Phi) is 5.77. The van der Waals surface area contributed by atoms with Crippen molar-refractivity contribution in [1.29, 1.82) is 0 Å². The second-order valence-electron chi connectivity index (χ2n) is 6.63. The summed E-state index contributed by atoms with van der Waals surface area (Å²) in [6.07, 6.45) is 1.14. The molecule has 0 aliphatic carbocycles. The zero-order valence-corrected chi connectivity index (χ0v) is 16.6. The molecule has 6 heteroatoms. The van der Waals surface area contributed by atoms with Gasteiger partial charge in [0.05, 0.1) is 11.0 Å². The van der Waals surface area contributed by atoms with Crippen molar-refractivity contribution in [2.75, 3.05) is 17.8 Å². The smallest absolute Gasteiger partial charge is 0.175 e. The Labute approximate surface area is 159 Å². The minimum Gasteiger partial charge on any atom is -0.382 e. The van der Waals surface area contributed by atoms with Crippen LogP contribution in [0, 0.1) is 0 Å². The van der Waals surface area contributed by atoms with Gasteiger partial charge in [0.25, 0.3) is 0 Å². The lowest BCUT2D eigenvalue weighted by Gasteiger charge is -2.29. The lowest BCUT2D eigenvalue weighted by Crippen LogP contribution is -2.29. The minimum absolute atomic E-state index is 0.0512. The molecule has 0 aromatic heterocycles.